The molecular weight excluding hydrogens is 432 g/mol. The molecule has 0 fully saturated rings. The van der Waals surface area contributed by atoms with E-state index in [1.165, 1.54) is 4.88 Å². The van der Waals surface area contributed by atoms with Gasteiger partial charge in [-0.25, -0.2) is 0 Å². The summed E-state index contributed by atoms with van der Waals surface area (Å²) in [7, 11) is 0. The van der Waals surface area contributed by atoms with Gasteiger partial charge in [-0.1, -0.05) is 38.8 Å². The Morgan fingerprint density at radius 1 is 1.26 bits per heavy atom. The predicted molar refractivity (Wildman–Crippen MR) is 126 cm³/mol. The van der Waals surface area contributed by atoms with Crippen LogP contribution in [-0.4, -0.2) is 47.9 Å². The number of carbonyl (C=O) groups excluding carboxylic acids is 2. The van der Waals surface area contributed by atoms with Gasteiger partial charge >= 0.3 is 0 Å². The predicted octanol–water partition coefficient (Wildman–Crippen LogP) is 5.19. The number of nitrogens with zero attached hydrogens (tertiary/aromatic N) is 2. The average molecular weight is 463 g/mol. The first-order valence-corrected chi connectivity index (χ1v) is 12.2. The summed E-state index contributed by atoms with van der Waals surface area (Å²) in [6.07, 6.45) is 2.21. The Hall–Kier alpha value is -2.05. The lowest BCUT2D eigenvalue weighted by Crippen LogP contribution is -2.48. The fourth-order valence-electron chi connectivity index (χ4n) is 3.82. The minimum atomic E-state index is -0.166. The van der Waals surface area contributed by atoms with Crippen molar-refractivity contribution in [2.24, 2.45) is 5.92 Å². The lowest BCUT2D eigenvalue weighted by atomic mass is 10.00. The molecule has 0 spiro atoms. The number of hydrogen-bond acceptors (Lipinski definition) is 4. The molecule has 0 N–H and O–H groups in total. The number of halogens is 1. The van der Waals surface area contributed by atoms with Crippen LogP contribution in [0.1, 0.15) is 50.1 Å². The van der Waals surface area contributed by atoms with Crippen LogP contribution in [0.3, 0.4) is 0 Å². The van der Waals surface area contributed by atoms with E-state index in [0.29, 0.717) is 37.1 Å². The molecule has 1 aromatic carbocycles. The van der Waals surface area contributed by atoms with Crippen LogP contribution in [-0.2, 0) is 16.0 Å². The molecule has 0 radical (unpaired) electrons. The number of hydrogen-bond donors (Lipinski definition) is 0. The third-order valence-electron chi connectivity index (χ3n) is 5.85. The van der Waals surface area contributed by atoms with Gasteiger partial charge in [0.05, 0.1) is 12.6 Å². The maximum absolute atomic E-state index is 13.4. The lowest BCUT2D eigenvalue weighted by molar-refractivity contribution is -0.143. The van der Waals surface area contributed by atoms with Gasteiger partial charge in [-0.05, 0) is 53.6 Å². The summed E-state index contributed by atoms with van der Waals surface area (Å²) < 4.78 is 6.03. The van der Waals surface area contributed by atoms with Gasteiger partial charge in [0, 0.05) is 29.4 Å². The summed E-state index contributed by atoms with van der Waals surface area (Å²) in [5.74, 6) is 1.08. The molecule has 1 aromatic heterocycles. The number of benzene rings is 1. The fraction of sp³-hybridized carbons (Fsp3) is 0.500. The van der Waals surface area contributed by atoms with Crippen molar-refractivity contribution in [2.45, 2.75) is 46.1 Å². The Balaban J connectivity index is 1.75. The molecule has 1 aliphatic heterocycles. The molecule has 168 valence electrons. The minimum absolute atomic E-state index is 0.0216. The van der Waals surface area contributed by atoms with Gasteiger partial charge in [0.25, 0.3) is 0 Å². The van der Waals surface area contributed by atoms with Gasteiger partial charge in [0.1, 0.15) is 12.4 Å². The molecule has 0 bridgehead atoms. The number of amides is 2. The Labute approximate surface area is 193 Å². The van der Waals surface area contributed by atoms with Crippen LogP contribution in [0.2, 0.25) is 5.02 Å². The molecule has 0 aliphatic carbocycles. The molecule has 3 rings (SSSR count). The van der Waals surface area contributed by atoms with E-state index >= 15 is 0 Å². The summed E-state index contributed by atoms with van der Waals surface area (Å²) in [6.45, 7) is 7.79. The molecule has 31 heavy (non-hydrogen) atoms. The first-order chi connectivity index (χ1) is 14.9. The van der Waals surface area contributed by atoms with Crippen LogP contribution < -0.4 is 4.74 Å². The van der Waals surface area contributed by atoms with Crippen molar-refractivity contribution in [3.8, 4) is 5.75 Å². The highest BCUT2D eigenvalue weighted by Gasteiger charge is 2.33. The van der Waals surface area contributed by atoms with Gasteiger partial charge in [-0.15, -0.1) is 11.3 Å². The van der Waals surface area contributed by atoms with E-state index in [2.05, 4.69) is 25.3 Å². The second-order valence-corrected chi connectivity index (χ2v) is 9.50. The minimum Gasteiger partial charge on any atom is -0.491 e. The van der Waals surface area contributed by atoms with Crippen LogP contribution in [0.25, 0.3) is 0 Å². The van der Waals surface area contributed by atoms with Gasteiger partial charge in [-0.3, -0.25) is 9.59 Å². The van der Waals surface area contributed by atoms with Crippen molar-refractivity contribution in [3.63, 3.8) is 0 Å². The molecule has 0 unspecified atom stereocenters. The highest BCUT2D eigenvalue weighted by molar-refractivity contribution is 7.10. The highest BCUT2D eigenvalue weighted by atomic mass is 35.5. The molecule has 7 heteroatoms. The summed E-state index contributed by atoms with van der Waals surface area (Å²) in [6, 6.07) is 9.17. The molecular formula is C24H31ClN2O3S. The second kappa shape index (κ2) is 11.0. The van der Waals surface area contributed by atoms with Gasteiger partial charge in [0.15, 0.2) is 0 Å². The second-order valence-electron chi connectivity index (χ2n) is 8.06. The molecule has 2 aromatic rings. The topological polar surface area (TPSA) is 49.9 Å². The Kier molecular flexibility index (Phi) is 8.38. The van der Waals surface area contributed by atoms with Crippen LogP contribution in [0.4, 0.5) is 0 Å². The molecule has 2 atom stereocenters. The molecule has 2 heterocycles. The zero-order valence-electron chi connectivity index (χ0n) is 18.5. The van der Waals surface area contributed by atoms with E-state index in [9.17, 15) is 9.59 Å². The summed E-state index contributed by atoms with van der Waals surface area (Å²) in [5.41, 5.74) is 1.15. The average Bonchev–Trinajstić information content (AvgIpc) is 3.26. The van der Waals surface area contributed by atoms with Crippen molar-refractivity contribution in [1.82, 2.24) is 9.80 Å². The highest BCUT2D eigenvalue weighted by Crippen LogP contribution is 2.34. The van der Waals surface area contributed by atoms with Crippen molar-refractivity contribution >= 4 is 34.8 Å². The van der Waals surface area contributed by atoms with Crippen molar-refractivity contribution in [1.29, 1.82) is 0 Å². The first kappa shape index (κ1) is 23.6. The maximum atomic E-state index is 13.4. The third kappa shape index (κ3) is 6.01. The molecule has 0 saturated carbocycles. The SMILES string of the molecule is CCC(=O)N(CC(=O)N1CCc2sccc2[C@@H]1COc1ccc(Cl)cc1)C[C@H](C)CC. The summed E-state index contributed by atoms with van der Waals surface area (Å²) >= 11 is 7.70. The maximum Gasteiger partial charge on any atom is 0.242 e. The van der Waals surface area contributed by atoms with Gasteiger partial charge < -0.3 is 14.5 Å². The molecule has 0 saturated heterocycles. The van der Waals surface area contributed by atoms with E-state index in [-0.39, 0.29) is 24.4 Å². The normalized spacial score (nSPS) is 16.5. The number of rotatable bonds is 9. The monoisotopic (exact) mass is 462 g/mol. The zero-order chi connectivity index (χ0) is 22.4. The smallest absolute Gasteiger partial charge is 0.242 e. The van der Waals surface area contributed by atoms with E-state index in [0.717, 1.165) is 24.2 Å². The summed E-state index contributed by atoms with van der Waals surface area (Å²) in [5, 5.41) is 2.73. The molecule has 2 amide bonds. The van der Waals surface area contributed by atoms with Gasteiger partial charge in [0.2, 0.25) is 11.8 Å². The standard InChI is InChI=1S/C24H31ClN2O3S/c1-4-17(3)14-26(23(28)5-2)15-24(29)27-12-10-22-20(11-13-31-22)21(27)16-30-19-8-6-18(25)7-9-19/h6-9,11,13,17,21H,4-5,10,12,14-16H2,1-3H3/t17-,21+/m1/s1. The van der Waals surface area contributed by atoms with Crippen LogP contribution in [0, 0.1) is 5.92 Å². The zero-order valence-corrected chi connectivity index (χ0v) is 20.0. The quantitative estimate of drug-likeness (QED) is 0.515. The molecule has 5 nitrogen and oxygen atoms in total. The Morgan fingerprint density at radius 3 is 2.68 bits per heavy atom. The fourth-order valence-corrected chi connectivity index (χ4v) is 4.87. The van der Waals surface area contributed by atoms with E-state index in [1.54, 1.807) is 28.4 Å². The Bertz CT molecular complexity index is 883. The Morgan fingerprint density at radius 2 is 2.00 bits per heavy atom. The number of ether oxygens (including phenoxy) is 1. The van der Waals surface area contributed by atoms with Crippen LogP contribution in [0.15, 0.2) is 35.7 Å². The number of fused-ring (bicyclic) bond motifs is 1. The van der Waals surface area contributed by atoms with Crippen molar-refractivity contribution in [3.05, 3.63) is 51.2 Å². The van der Waals surface area contributed by atoms with Crippen LogP contribution >= 0.6 is 22.9 Å². The van der Waals surface area contributed by atoms with Crippen LogP contribution in [0.5, 0.6) is 5.75 Å². The van der Waals surface area contributed by atoms with E-state index in [1.807, 2.05) is 24.0 Å². The van der Waals surface area contributed by atoms with Crippen molar-refractivity contribution < 1.29 is 14.3 Å². The van der Waals surface area contributed by atoms with E-state index < -0.39 is 0 Å². The van der Waals surface area contributed by atoms with Gasteiger partial charge in [-0.2, -0.15) is 0 Å². The largest absolute Gasteiger partial charge is 0.491 e. The van der Waals surface area contributed by atoms with Crippen molar-refractivity contribution in [2.75, 3.05) is 26.2 Å². The first-order valence-electron chi connectivity index (χ1n) is 10.9. The van der Waals surface area contributed by atoms with E-state index in [4.69, 9.17) is 16.3 Å². The number of carbonyl (C=O) groups is 2. The third-order valence-corrected chi connectivity index (χ3v) is 7.10. The summed E-state index contributed by atoms with van der Waals surface area (Å²) in [4.78, 5) is 30.7. The number of thiophene rings is 1. The molecule has 1 aliphatic rings. The lowest BCUT2D eigenvalue weighted by Gasteiger charge is -2.37.